The minimum atomic E-state index is 0.274. The summed E-state index contributed by atoms with van der Waals surface area (Å²) < 4.78 is 0. The van der Waals surface area contributed by atoms with Crippen LogP contribution >= 0.6 is 0 Å². The van der Waals surface area contributed by atoms with Gasteiger partial charge < -0.3 is 5.32 Å². The third kappa shape index (κ3) is 4.36. The van der Waals surface area contributed by atoms with Gasteiger partial charge in [-0.15, -0.1) is 0 Å². The van der Waals surface area contributed by atoms with E-state index < -0.39 is 0 Å². The van der Waals surface area contributed by atoms with Crippen molar-refractivity contribution in [1.82, 2.24) is 5.32 Å². The third-order valence-corrected chi connectivity index (χ3v) is 6.07. The van der Waals surface area contributed by atoms with Crippen LogP contribution in [-0.2, 0) is 4.79 Å². The van der Waals surface area contributed by atoms with Gasteiger partial charge in [0.2, 0.25) is 5.91 Å². The topological polar surface area (TPSA) is 29.1 Å². The molecule has 2 saturated carbocycles. The first-order valence-corrected chi connectivity index (χ1v) is 9.81. The van der Waals surface area contributed by atoms with E-state index in [1.807, 2.05) is 0 Å². The van der Waals surface area contributed by atoms with E-state index in [-0.39, 0.29) is 5.92 Å². The number of carbonyl (C=O) groups excluding carboxylic acids is 1. The van der Waals surface area contributed by atoms with Gasteiger partial charge in [0, 0.05) is 12.0 Å². The molecule has 2 nitrogen and oxygen atoms in total. The molecule has 3 unspecified atom stereocenters. The van der Waals surface area contributed by atoms with E-state index >= 15 is 0 Å². The highest BCUT2D eigenvalue weighted by Crippen LogP contribution is 2.43. The third-order valence-electron chi connectivity index (χ3n) is 6.07. The Kier molecular flexibility index (Phi) is 5.97. The number of fused-ring (bicyclic) bond motifs is 2. The van der Waals surface area contributed by atoms with E-state index in [1.54, 1.807) is 0 Å². The van der Waals surface area contributed by atoms with Gasteiger partial charge >= 0.3 is 0 Å². The number of carbonyl (C=O) groups is 1. The summed E-state index contributed by atoms with van der Waals surface area (Å²) in [6.45, 7) is 0. The van der Waals surface area contributed by atoms with Crippen molar-refractivity contribution < 1.29 is 4.79 Å². The first-order valence-electron chi connectivity index (χ1n) is 9.81. The monoisotopic (exact) mass is 303 g/mol. The lowest BCUT2D eigenvalue weighted by atomic mass is 9.91. The summed E-state index contributed by atoms with van der Waals surface area (Å²) in [6.07, 6.45) is 21.6. The van der Waals surface area contributed by atoms with Gasteiger partial charge in [0.25, 0.3) is 0 Å². The summed E-state index contributed by atoms with van der Waals surface area (Å²) in [4.78, 5) is 12.6. The summed E-state index contributed by atoms with van der Waals surface area (Å²) in [6, 6.07) is 0.440. The van der Waals surface area contributed by atoms with E-state index in [1.165, 1.54) is 77.0 Å². The lowest BCUT2D eigenvalue weighted by molar-refractivity contribution is -0.126. The average Bonchev–Trinajstić information content (AvgIpc) is 3.13. The molecule has 124 valence electrons. The highest BCUT2D eigenvalue weighted by molar-refractivity contribution is 5.80. The maximum absolute atomic E-state index is 12.6. The predicted molar refractivity (Wildman–Crippen MR) is 91.6 cm³/mol. The minimum Gasteiger partial charge on any atom is -0.353 e. The van der Waals surface area contributed by atoms with Gasteiger partial charge in [0.15, 0.2) is 0 Å². The molecule has 1 amide bonds. The van der Waals surface area contributed by atoms with E-state index in [9.17, 15) is 4.79 Å². The van der Waals surface area contributed by atoms with Crippen molar-refractivity contribution in [2.24, 2.45) is 17.8 Å². The van der Waals surface area contributed by atoms with E-state index in [0.717, 1.165) is 6.42 Å². The van der Waals surface area contributed by atoms with Gasteiger partial charge in [0.1, 0.15) is 0 Å². The Morgan fingerprint density at radius 3 is 1.86 bits per heavy atom. The molecule has 0 heterocycles. The Morgan fingerprint density at radius 1 is 0.773 bits per heavy atom. The molecular formula is C20H33NO. The van der Waals surface area contributed by atoms with Crippen LogP contribution in [0.4, 0.5) is 0 Å². The summed E-state index contributed by atoms with van der Waals surface area (Å²) in [7, 11) is 0. The molecule has 0 aliphatic heterocycles. The Labute approximate surface area is 136 Å². The fourth-order valence-corrected chi connectivity index (χ4v) is 4.70. The number of amides is 1. The fourth-order valence-electron chi connectivity index (χ4n) is 4.70. The number of hydrogen-bond donors (Lipinski definition) is 1. The molecule has 2 heteroatoms. The highest BCUT2D eigenvalue weighted by Gasteiger charge is 2.40. The molecule has 0 aromatic rings. The van der Waals surface area contributed by atoms with E-state index in [0.29, 0.717) is 23.8 Å². The molecule has 0 radical (unpaired) electrons. The maximum Gasteiger partial charge on any atom is 0.223 e. The number of hydrogen-bond acceptors (Lipinski definition) is 1. The standard InChI is InChI=1S/C20H33NO/c22-20(19-15-16-12-13-17(19)14-16)21-18-10-8-6-4-2-1-3-5-7-9-11-18/h12-13,16-19H,1-11,14-15H2,(H,21,22). The zero-order valence-corrected chi connectivity index (χ0v) is 14.1. The molecule has 22 heavy (non-hydrogen) atoms. The second-order valence-corrected chi connectivity index (χ2v) is 7.85. The van der Waals surface area contributed by atoms with Crippen LogP contribution in [0.1, 0.15) is 83.5 Å². The van der Waals surface area contributed by atoms with Crippen molar-refractivity contribution in [2.45, 2.75) is 89.5 Å². The quantitative estimate of drug-likeness (QED) is 0.716. The molecule has 2 fully saturated rings. The van der Waals surface area contributed by atoms with Gasteiger partial charge in [-0.3, -0.25) is 4.79 Å². The molecular weight excluding hydrogens is 270 g/mol. The van der Waals surface area contributed by atoms with Crippen LogP contribution in [0.5, 0.6) is 0 Å². The summed E-state index contributed by atoms with van der Waals surface area (Å²) in [5, 5.41) is 3.42. The van der Waals surface area contributed by atoms with Crippen molar-refractivity contribution in [3.63, 3.8) is 0 Å². The van der Waals surface area contributed by atoms with Gasteiger partial charge in [-0.2, -0.15) is 0 Å². The van der Waals surface area contributed by atoms with Crippen LogP contribution in [0.15, 0.2) is 12.2 Å². The average molecular weight is 303 g/mol. The van der Waals surface area contributed by atoms with E-state index in [4.69, 9.17) is 0 Å². The van der Waals surface area contributed by atoms with Crippen molar-refractivity contribution in [2.75, 3.05) is 0 Å². The largest absolute Gasteiger partial charge is 0.353 e. The van der Waals surface area contributed by atoms with Crippen molar-refractivity contribution >= 4 is 5.91 Å². The normalized spacial score (nSPS) is 34.1. The molecule has 3 aliphatic rings. The first kappa shape index (κ1) is 16.1. The lowest BCUT2D eigenvalue weighted by Crippen LogP contribution is -2.40. The van der Waals surface area contributed by atoms with Crippen LogP contribution in [0.25, 0.3) is 0 Å². The Balaban J connectivity index is 1.47. The van der Waals surface area contributed by atoms with Gasteiger partial charge in [-0.25, -0.2) is 0 Å². The maximum atomic E-state index is 12.6. The van der Waals surface area contributed by atoms with Crippen molar-refractivity contribution in [1.29, 1.82) is 0 Å². The summed E-state index contributed by atoms with van der Waals surface area (Å²) in [5.74, 6) is 1.86. The predicted octanol–water partition coefficient (Wildman–Crippen LogP) is 4.99. The van der Waals surface area contributed by atoms with E-state index in [2.05, 4.69) is 17.5 Å². The molecule has 3 aliphatic carbocycles. The molecule has 3 atom stereocenters. The van der Waals surface area contributed by atoms with Crippen LogP contribution < -0.4 is 5.32 Å². The van der Waals surface area contributed by atoms with Gasteiger partial charge in [0.05, 0.1) is 0 Å². The zero-order chi connectivity index (χ0) is 15.2. The molecule has 2 bridgehead atoms. The Bertz CT molecular complexity index is 377. The van der Waals surface area contributed by atoms with Crippen molar-refractivity contribution in [3.8, 4) is 0 Å². The number of rotatable bonds is 2. The molecule has 0 spiro atoms. The number of nitrogens with one attached hydrogen (secondary N) is 1. The van der Waals surface area contributed by atoms with Crippen LogP contribution in [0.2, 0.25) is 0 Å². The molecule has 0 aromatic heterocycles. The second-order valence-electron chi connectivity index (χ2n) is 7.85. The number of allylic oxidation sites excluding steroid dienone is 2. The summed E-state index contributed by atoms with van der Waals surface area (Å²) >= 11 is 0. The SMILES string of the molecule is O=C(NC1CCCCCCCCCCC1)C1CC2C=CC1C2. The summed E-state index contributed by atoms with van der Waals surface area (Å²) in [5.41, 5.74) is 0. The minimum absolute atomic E-state index is 0.274. The smallest absolute Gasteiger partial charge is 0.223 e. The van der Waals surface area contributed by atoms with Gasteiger partial charge in [-0.05, 0) is 37.5 Å². The molecule has 3 rings (SSSR count). The molecule has 1 N–H and O–H groups in total. The Morgan fingerprint density at radius 2 is 1.36 bits per heavy atom. The fraction of sp³-hybridized carbons (Fsp3) is 0.850. The second kappa shape index (κ2) is 8.17. The molecule has 0 saturated heterocycles. The van der Waals surface area contributed by atoms with Crippen LogP contribution in [-0.4, -0.2) is 11.9 Å². The zero-order valence-electron chi connectivity index (χ0n) is 14.1. The first-order chi connectivity index (χ1) is 10.8. The molecule has 0 aromatic carbocycles. The van der Waals surface area contributed by atoms with Crippen LogP contribution in [0, 0.1) is 17.8 Å². The van der Waals surface area contributed by atoms with Crippen molar-refractivity contribution in [3.05, 3.63) is 12.2 Å². The highest BCUT2D eigenvalue weighted by atomic mass is 16.2. The van der Waals surface area contributed by atoms with Gasteiger partial charge in [-0.1, -0.05) is 69.9 Å². The Hall–Kier alpha value is -0.790. The van der Waals surface area contributed by atoms with Crippen LogP contribution in [0.3, 0.4) is 0 Å². The lowest BCUT2D eigenvalue weighted by Gasteiger charge is -2.24.